The van der Waals surface area contributed by atoms with Gasteiger partial charge < -0.3 is 9.47 Å². The molecule has 0 spiro atoms. The molecular formula is C16H11BrN2O4. The number of hydrogen-bond acceptors (Lipinski definition) is 5. The summed E-state index contributed by atoms with van der Waals surface area (Å²) in [5.41, 5.74) is 0.401. The number of esters is 1. The van der Waals surface area contributed by atoms with Crippen LogP contribution >= 0.6 is 15.9 Å². The summed E-state index contributed by atoms with van der Waals surface area (Å²) in [4.78, 5) is 30.0. The Labute approximate surface area is 141 Å². The summed E-state index contributed by atoms with van der Waals surface area (Å²) in [6, 6.07) is 7.75. The number of carbonyl (C=O) groups is 2. The van der Waals surface area contributed by atoms with Crippen molar-refractivity contribution < 1.29 is 19.1 Å². The Kier molecular flexibility index (Phi) is 5.44. The lowest BCUT2D eigenvalue weighted by Crippen LogP contribution is -2.07. The van der Waals surface area contributed by atoms with Crippen LogP contribution in [0.25, 0.3) is 4.85 Å². The molecule has 0 aliphatic rings. The lowest BCUT2D eigenvalue weighted by atomic mass is 10.2. The molecule has 1 aromatic carbocycles. The largest absolute Gasteiger partial charge is 0.462 e. The summed E-state index contributed by atoms with van der Waals surface area (Å²) in [6.45, 7) is 8.91. The third-order valence-electron chi connectivity index (χ3n) is 2.75. The first-order chi connectivity index (χ1) is 11.1. The SMILES string of the molecule is [C-]#[N+]c1ccc(Oc2ccc(Br)c(C=O)c2)nc1C(=O)OCC. The van der Waals surface area contributed by atoms with E-state index in [2.05, 4.69) is 25.8 Å². The molecule has 0 N–H and O–H groups in total. The summed E-state index contributed by atoms with van der Waals surface area (Å²) >= 11 is 3.25. The second-order valence-corrected chi connectivity index (χ2v) is 5.11. The molecule has 0 amide bonds. The molecule has 0 fully saturated rings. The highest BCUT2D eigenvalue weighted by Crippen LogP contribution is 2.27. The minimum absolute atomic E-state index is 0.0835. The van der Waals surface area contributed by atoms with Crippen LogP contribution in [0.2, 0.25) is 0 Å². The standard InChI is InChI=1S/C16H11BrN2O4/c1-3-22-16(21)15-13(18-2)6-7-14(19-15)23-11-4-5-12(17)10(8-11)9-20/h4-9H,3H2,1H3. The normalized spacial score (nSPS) is 9.78. The van der Waals surface area contributed by atoms with E-state index in [1.54, 1.807) is 19.1 Å². The van der Waals surface area contributed by atoms with Gasteiger partial charge in [-0.15, -0.1) is 0 Å². The zero-order valence-corrected chi connectivity index (χ0v) is 13.7. The van der Waals surface area contributed by atoms with Crippen molar-refractivity contribution in [2.75, 3.05) is 6.61 Å². The molecule has 0 radical (unpaired) electrons. The molecule has 7 heteroatoms. The molecule has 116 valence electrons. The van der Waals surface area contributed by atoms with E-state index in [-0.39, 0.29) is 23.9 Å². The van der Waals surface area contributed by atoms with E-state index in [1.165, 1.54) is 18.2 Å². The smallest absolute Gasteiger partial charge is 0.346 e. The molecule has 0 unspecified atom stereocenters. The van der Waals surface area contributed by atoms with Crippen molar-refractivity contribution in [3.05, 3.63) is 57.5 Å². The van der Waals surface area contributed by atoms with E-state index in [9.17, 15) is 9.59 Å². The lowest BCUT2D eigenvalue weighted by Gasteiger charge is -2.08. The van der Waals surface area contributed by atoms with Gasteiger partial charge in [-0.25, -0.2) is 14.6 Å². The van der Waals surface area contributed by atoms with Crippen LogP contribution in [-0.4, -0.2) is 23.8 Å². The second kappa shape index (κ2) is 7.51. The molecule has 2 rings (SSSR count). The number of benzene rings is 1. The van der Waals surface area contributed by atoms with Crippen molar-refractivity contribution in [2.45, 2.75) is 6.92 Å². The number of hydrogen-bond donors (Lipinski definition) is 0. The first kappa shape index (κ1) is 16.6. The van der Waals surface area contributed by atoms with E-state index < -0.39 is 5.97 Å². The van der Waals surface area contributed by atoms with Gasteiger partial charge in [0.15, 0.2) is 12.0 Å². The molecule has 1 aromatic heterocycles. The Morgan fingerprint density at radius 3 is 2.83 bits per heavy atom. The molecule has 0 aliphatic heterocycles. The van der Waals surface area contributed by atoms with E-state index in [4.69, 9.17) is 16.0 Å². The molecule has 0 atom stereocenters. The summed E-state index contributed by atoms with van der Waals surface area (Å²) in [7, 11) is 0. The van der Waals surface area contributed by atoms with Crippen LogP contribution in [0.15, 0.2) is 34.8 Å². The van der Waals surface area contributed by atoms with Crippen LogP contribution in [0.4, 0.5) is 5.69 Å². The van der Waals surface area contributed by atoms with Crippen LogP contribution in [0.3, 0.4) is 0 Å². The van der Waals surface area contributed by atoms with Crippen molar-refractivity contribution in [1.29, 1.82) is 0 Å². The van der Waals surface area contributed by atoms with Crippen LogP contribution in [-0.2, 0) is 4.74 Å². The number of carbonyl (C=O) groups excluding carboxylic acids is 2. The first-order valence-corrected chi connectivity index (χ1v) is 7.36. The van der Waals surface area contributed by atoms with Crippen LogP contribution in [0.5, 0.6) is 11.6 Å². The van der Waals surface area contributed by atoms with Gasteiger partial charge in [-0.05, 0) is 37.3 Å². The molecule has 0 bridgehead atoms. The van der Waals surface area contributed by atoms with Gasteiger partial charge in [-0.3, -0.25) is 4.79 Å². The molecule has 0 aliphatic carbocycles. The minimum atomic E-state index is -0.687. The van der Waals surface area contributed by atoms with Crippen LogP contribution in [0, 0.1) is 6.57 Å². The Bertz CT molecular complexity index is 799. The van der Waals surface area contributed by atoms with Crippen molar-refractivity contribution in [1.82, 2.24) is 4.98 Å². The molecule has 0 saturated heterocycles. The zero-order valence-electron chi connectivity index (χ0n) is 12.1. The maximum atomic E-state index is 11.8. The van der Waals surface area contributed by atoms with Gasteiger partial charge in [-0.2, -0.15) is 0 Å². The van der Waals surface area contributed by atoms with Crippen molar-refractivity contribution in [3.63, 3.8) is 0 Å². The number of ether oxygens (including phenoxy) is 2. The molecule has 6 nitrogen and oxygen atoms in total. The van der Waals surface area contributed by atoms with Gasteiger partial charge in [0.05, 0.1) is 13.2 Å². The predicted octanol–water partition coefficient (Wildman–Crippen LogP) is 4.18. The summed E-state index contributed by atoms with van der Waals surface area (Å²) in [6.07, 6.45) is 0.691. The zero-order chi connectivity index (χ0) is 16.8. The average molecular weight is 375 g/mol. The summed E-state index contributed by atoms with van der Waals surface area (Å²) in [5.74, 6) is -0.180. The molecular weight excluding hydrogens is 364 g/mol. The van der Waals surface area contributed by atoms with Gasteiger partial charge in [-0.1, -0.05) is 15.9 Å². The van der Waals surface area contributed by atoms with Crippen molar-refractivity contribution >= 4 is 33.9 Å². The Morgan fingerprint density at radius 1 is 1.39 bits per heavy atom. The second-order valence-electron chi connectivity index (χ2n) is 4.25. The lowest BCUT2D eigenvalue weighted by molar-refractivity contribution is 0.0520. The molecule has 1 heterocycles. The summed E-state index contributed by atoms with van der Waals surface area (Å²) in [5, 5.41) is 0. The highest BCUT2D eigenvalue weighted by molar-refractivity contribution is 9.10. The third-order valence-corrected chi connectivity index (χ3v) is 3.48. The predicted molar refractivity (Wildman–Crippen MR) is 86.1 cm³/mol. The number of halogens is 1. The highest BCUT2D eigenvalue weighted by atomic mass is 79.9. The molecule has 2 aromatic rings. The fourth-order valence-electron chi connectivity index (χ4n) is 1.73. The molecule has 23 heavy (non-hydrogen) atoms. The van der Waals surface area contributed by atoms with E-state index >= 15 is 0 Å². The molecule has 0 saturated carbocycles. The minimum Gasteiger partial charge on any atom is -0.462 e. The summed E-state index contributed by atoms with van der Waals surface area (Å²) < 4.78 is 11.1. The highest BCUT2D eigenvalue weighted by Gasteiger charge is 2.16. The maximum absolute atomic E-state index is 11.8. The quantitative estimate of drug-likeness (QED) is 0.446. The van der Waals surface area contributed by atoms with E-state index in [0.717, 1.165) is 0 Å². The van der Waals surface area contributed by atoms with Crippen molar-refractivity contribution in [3.8, 4) is 11.6 Å². The fourth-order valence-corrected chi connectivity index (χ4v) is 2.07. The maximum Gasteiger partial charge on any atom is 0.346 e. The van der Waals surface area contributed by atoms with E-state index in [1.807, 2.05) is 0 Å². The Hall–Kier alpha value is -2.72. The van der Waals surface area contributed by atoms with Crippen LogP contribution < -0.4 is 4.74 Å². The fraction of sp³-hybridized carbons (Fsp3) is 0.125. The first-order valence-electron chi connectivity index (χ1n) is 6.57. The number of aldehydes is 1. The van der Waals surface area contributed by atoms with Gasteiger partial charge in [0.2, 0.25) is 11.6 Å². The van der Waals surface area contributed by atoms with Gasteiger partial charge in [0.1, 0.15) is 5.75 Å². The average Bonchev–Trinajstić information content (AvgIpc) is 2.56. The van der Waals surface area contributed by atoms with Gasteiger partial charge in [0.25, 0.3) is 0 Å². The Balaban J connectivity index is 2.34. The number of nitrogens with zero attached hydrogens (tertiary/aromatic N) is 2. The number of aromatic nitrogens is 1. The topological polar surface area (TPSA) is 69.8 Å². The third kappa shape index (κ3) is 3.93. The Morgan fingerprint density at radius 2 is 2.17 bits per heavy atom. The monoisotopic (exact) mass is 374 g/mol. The van der Waals surface area contributed by atoms with Crippen molar-refractivity contribution in [2.24, 2.45) is 0 Å². The van der Waals surface area contributed by atoms with Gasteiger partial charge >= 0.3 is 5.97 Å². The number of rotatable bonds is 5. The number of pyridine rings is 1. The van der Waals surface area contributed by atoms with Gasteiger partial charge in [0, 0.05) is 10.0 Å². The van der Waals surface area contributed by atoms with Crippen LogP contribution in [0.1, 0.15) is 27.8 Å². The van der Waals surface area contributed by atoms with E-state index in [0.29, 0.717) is 22.1 Å².